The Balaban J connectivity index is 2.64. The maximum absolute atomic E-state index is 8.69. The lowest BCUT2D eigenvalue weighted by Crippen LogP contribution is -2.09. The zero-order chi connectivity index (χ0) is 11.1. The van der Waals surface area contributed by atoms with E-state index in [0.717, 1.165) is 36.1 Å². The van der Waals surface area contributed by atoms with Gasteiger partial charge in [-0.15, -0.1) is 10.2 Å². The number of hydrogen-bond donors (Lipinski definition) is 2. The van der Waals surface area contributed by atoms with Crippen molar-refractivity contribution in [1.29, 1.82) is 0 Å². The van der Waals surface area contributed by atoms with E-state index < -0.39 is 0 Å². The van der Waals surface area contributed by atoms with Crippen LogP contribution in [0, 0.1) is 0 Å². The summed E-state index contributed by atoms with van der Waals surface area (Å²) in [5.74, 6) is 1.70. The van der Waals surface area contributed by atoms with Crippen molar-refractivity contribution in [2.75, 3.05) is 12.4 Å². The molecule has 0 aliphatic heterocycles. The highest BCUT2D eigenvalue weighted by molar-refractivity contribution is 7.99. The van der Waals surface area contributed by atoms with Crippen LogP contribution in [-0.2, 0) is 13.1 Å². The first-order valence-electron chi connectivity index (χ1n) is 5.19. The molecule has 0 aromatic carbocycles. The predicted molar refractivity (Wildman–Crippen MR) is 60.6 cm³/mol. The van der Waals surface area contributed by atoms with Gasteiger partial charge in [-0.1, -0.05) is 18.7 Å². The molecule has 0 bridgehead atoms. The quantitative estimate of drug-likeness (QED) is 0.530. The van der Waals surface area contributed by atoms with Gasteiger partial charge < -0.3 is 15.4 Å². The molecule has 15 heavy (non-hydrogen) atoms. The molecule has 0 unspecified atom stereocenters. The van der Waals surface area contributed by atoms with Crippen LogP contribution < -0.4 is 5.73 Å². The second kappa shape index (κ2) is 6.81. The largest absolute Gasteiger partial charge is 0.396 e. The SMILES string of the molecule is CCCn1c(CN)nnc1SCCCO. The third-order valence-corrected chi connectivity index (χ3v) is 3.01. The fourth-order valence-electron chi connectivity index (χ4n) is 1.25. The molecule has 0 fully saturated rings. The van der Waals surface area contributed by atoms with Gasteiger partial charge in [0, 0.05) is 18.9 Å². The summed E-state index contributed by atoms with van der Waals surface area (Å²) in [5.41, 5.74) is 5.58. The molecule has 1 aromatic rings. The Kier molecular flexibility index (Phi) is 5.67. The van der Waals surface area contributed by atoms with Crippen LogP contribution >= 0.6 is 11.8 Å². The molecule has 0 spiro atoms. The molecule has 0 saturated carbocycles. The van der Waals surface area contributed by atoms with E-state index in [2.05, 4.69) is 21.7 Å². The number of thioether (sulfide) groups is 1. The first kappa shape index (κ1) is 12.5. The minimum absolute atomic E-state index is 0.221. The zero-order valence-electron chi connectivity index (χ0n) is 9.02. The topological polar surface area (TPSA) is 77.0 Å². The maximum atomic E-state index is 8.69. The number of aliphatic hydroxyl groups is 1. The molecule has 0 saturated heterocycles. The van der Waals surface area contributed by atoms with Crippen LogP contribution in [0.5, 0.6) is 0 Å². The summed E-state index contributed by atoms with van der Waals surface area (Å²) in [6, 6.07) is 0. The van der Waals surface area contributed by atoms with Gasteiger partial charge >= 0.3 is 0 Å². The van der Waals surface area contributed by atoms with Gasteiger partial charge in [-0.2, -0.15) is 0 Å². The van der Waals surface area contributed by atoms with Crippen molar-refractivity contribution < 1.29 is 5.11 Å². The molecule has 0 radical (unpaired) electrons. The van der Waals surface area contributed by atoms with Gasteiger partial charge in [0.1, 0.15) is 5.82 Å². The maximum Gasteiger partial charge on any atom is 0.191 e. The zero-order valence-corrected chi connectivity index (χ0v) is 9.83. The molecule has 1 aromatic heterocycles. The van der Waals surface area contributed by atoms with E-state index in [4.69, 9.17) is 10.8 Å². The Morgan fingerprint density at radius 3 is 2.87 bits per heavy atom. The number of aromatic nitrogens is 3. The van der Waals surface area contributed by atoms with E-state index in [9.17, 15) is 0 Å². The molecular formula is C9H18N4OS. The Labute approximate surface area is 94.1 Å². The third-order valence-electron chi connectivity index (χ3n) is 1.96. The molecule has 1 rings (SSSR count). The highest BCUT2D eigenvalue weighted by Gasteiger charge is 2.09. The summed E-state index contributed by atoms with van der Waals surface area (Å²) in [4.78, 5) is 0. The van der Waals surface area contributed by atoms with E-state index in [-0.39, 0.29) is 6.61 Å². The Morgan fingerprint density at radius 2 is 2.27 bits per heavy atom. The molecule has 5 nitrogen and oxygen atoms in total. The van der Waals surface area contributed by atoms with E-state index in [1.165, 1.54) is 0 Å². The summed E-state index contributed by atoms with van der Waals surface area (Å²) in [6.45, 7) is 3.66. The van der Waals surface area contributed by atoms with Crippen molar-refractivity contribution in [2.24, 2.45) is 5.73 Å². The van der Waals surface area contributed by atoms with Gasteiger partial charge in [0.25, 0.3) is 0 Å². The molecule has 1 heterocycles. The van der Waals surface area contributed by atoms with E-state index in [1.807, 2.05) is 0 Å². The van der Waals surface area contributed by atoms with Crippen molar-refractivity contribution >= 4 is 11.8 Å². The summed E-state index contributed by atoms with van der Waals surface area (Å²) in [7, 11) is 0. The first-order valence-corrected chi connectivity index (χ1v) is 6.17. The number of nitrogens with two attached hydrogens (primary N) is 1. The summed E-state index contributed by atoms with van der Waals surface area (Å²) < 4.78 is 2.06. The molecule has 0 aliphatic carbocycles. The highest BCUT2D eigenvalue weighted by Crippen LogP contribution is 2.17. The van der Waals surface area contributed by atoms with Gasteiger partial charge in [-0.3, -0.25) is 0 Å². The number of nitrogens with zero attached hydrogens (tertiary/aromatic N) is 3. The predicted octanol–water partition coefficient (Wildman–Crippen LogP) is 0.621. The molecular weight excluding hydrogens is 212 g/mol. The van der Waals surface area contributed by atoms with E-state index in [1.54, 1.807) is 11.8 Å². The summed E-state index contributed by atoms with van der Waals surface area (Å²) in [6.07, 6.45) is 1.82. The molecule has 0 atom stereocenters. The monoisotopic (exact) mass is 230 g/mol. The van der Waals surface area contributed by atoms with Crippen molar-refractivity contribution in [3.8, 4) is 0 Å². The Hall–Kier alpha value is -0.590. The fraction of sp³-hybridized carbons (Fsp3) is 0.778. The van der Waals surface area contributed by atoms with Gasteiger partial charge in [0.2, 0.25) is 0 Å². The molecule has 0 aliphatic rings. The van der Waals surface area contributed by atoms with Crippen molar-refractivity contribution in [1.82, 2.24) is 14.8 Å². The second-order valence-electron chi connectivity index (χ2n) is 3.18. The van der Waals surface area contributed by atoms with Gasteiger partial charge in [0.15, 0.2) is 5.16 Å². The molecule has 0 amide bonds. The number of hydrogen-bond acceptors (Lipinski definition) is 5. The van der Waals surface area contributed by atoms with Crippen LogP contribution in [0.2, 0.25) is 0 Å². The molecule has 86 valence electrons. The van der Waals surface area contributed by atoms with Gasteiger partial charge in [-0.25, -0.2) is 0 Å². The summed E-state index contributed by atoms with van der Waals surface area (Å²) >= 11 is 1.62. The van der Waals surface area contributed by atoms with Gasteiger partial charge in [-0.05, 0) is 12.8 Å². The smallest absolute Gasteiger partial charge is 0.191 e. The van der Waals surface area contributed by atoms with Crippen LogP contribution in [0.3, 0.4) is 0 Å². The Morgan fingerprint density at radius 1 is 1.47 bits per heavy atom. The minimum Gasteiger partial charge on any atom is -0.396 e. The summed E-state index contributed by atoms with van der Waals surface area (Å²) in [5, 5.41) is 17.7. The van der Waals surface area contributed by atoms with Crippen molar-refractivity contribution in [2.45, 2.75) is 38.0 Å². The normalized spacial score (nSPS) is 10.9. The van der Waals surface area contributed by atoms with E-state index in [0.29, 0.717) is 6.54 Å². The van der Waals surface area contributed by atoms with Crippen LogP contribution in [0.15, 0.2) is 5.16 Å². The van der Waals surface area contributed by atoms with Crippen LogP contribution in [0.4, 0.5) is 0 Å². The van der Waals surface area contributed by atoms with Crippen molar-refractivity contribution in [3.05, 3.63) is 5.82 Å². The van der Waals surface area contributed by atoms with Gasteiger partial charge in [0.05, 0.1) is 6.54 Å². The average Bonchev–Trinajstić information content (AvgIpc) is 2.62. The molecule has 6 heteroatoms. The third kappa shape index (κ3) is 3.48. The lowest BCUT2D eigenvalue weighted by atomic mass is 10.4. The van der Waals surface area contributed by atoms with Crippen LogP contribution in [0.25, 0.3) is 0 Å². The van der Waals surface area contributed by atoms with E-state index >= 15 is 0 Å². The highest BCUT2D eigenvalue weighted by atomic mass is 32.2. The minimum atomic E-state index is 0.221. The Bertz CT molecular complexity index is 290. The second-order valence-corrected chi connectivity index (χ2v) is 4.24. The average molecular weight is 230 g/mol. The van der Waals surface area contributed by atoms with Crippen LogP contribution in [-0.4, -0.2) is 32.2 Å². The standard InChI is InChI=1S/C9H18N4OS/c1-2-4-13-8(7-10)11-12-9(13)15-6-3-5-14/h14H,2-7,10H2,1H3. The van der Waals surface area contributed by atoms with Crippen LogP contribution in [0.1, 0.15) is 25.6 Å². The number of aliphatic hydroxyl groups excluding tert-OH is 1. The lowest BCUT2D eigenvalue weighted by Gasteiger charge is -2.06. The number of rotatable bonds is 7. The first-order chi connectivity index (χ1) is 7.33. The fourth-order valence-corrected chi connectivity index (χ4v) is 2.16. The van der Waals surface area contributed by atoms with Crippen molar-refractivity contribution in [3.63, 3.8) is 0 Å². The lowest BCUT2D eigenvalue weighted by molar-refractivity contribution is 0.296. The molecule has 3 N–H and O–H groups in total.